The summed E-state index contributed by atoms with van der Waals surface area (Å²) in [6.07, 6.45) is 3.30. The Morgan fingerprint density at radius 1 is 0.967 bits per heavy atom. The van der Waals surface area contributed by atoms with Crippen LogP contribution in [0.1, 0.15) is 28.4 Å². The molecule has 0 aromatic heterocycles. The lowest BCUT2D eigenvalue weighted by molar-refractivity contribution is 0.104. The molecule has 30 heavy (non-hydrogen) atoms. The molecule has 0 aliphatic rings. The molecular weight excluding hydrogens is 400 g/mol. The maximum absolute atomic E-state index is 12.4. The molecule has 4 nitrogen and oxygen atoms in total. The second-order valence-corrected chi connectivity index (χ2v) is 6.85. The standard InChI is InChI=1S/C25H23ClO4/c1-3-29-25-16-18(8-14-23(27)19-10-12-21(28-2)13-11-19)9-15-24(25)30-17-20-6-4-5-7-22(20)26/h4-16H,3,17H2,1-2H3/b14-8+. The number of ether oxygens (including phenoxy) is 3. The molecule has 0 radical (unpaired) electrons. The number of allylic oxidation sites excluding steroid dienone is 1. The Balaban J connectivity index is 1.72. The third-order valence-electron chi connectivity index (χ3n) is 4.41. The average Bonchev–Trinajstić information content (AvgIpc) is 2.78. The smallest absolute Gasteiger partial charge is 0.185 e. The van der Waals surface area contributed by atoms with E-state index in [-0.39, 0.29) is 5.78 Å². The molecule has 5 heteroatoms. The monoisotopic (exact) mass is 422 g/mol. The average molecular weight is 423 g/mol. The number of carbonyl (C=O) groups excluding carboxylic acids is 1. The van der Waals surface area contributed by atoms with Crippen molar-refractivity contribution in [3.05, 3.63) is 94.5 Å². The minimum atomic E-state index is -0.0883. The van der Waals surface area contributed by atoms with Crippen LogP contribution < -0.4 is 14.2 Å². The highest BCUT2D eigenvalue weighted by atomic mass is 35.5. The van der Waals surface area contributed by atoms with Gasteiger partial charge in [-0.25, -0.2) is 0 Å². The van der Waals surface area contributed by atoms with Gasteiger partial charge in [0.05, 0.1) is 13.7 Å². The maximum Gasteiger partial charge on any atom is 0.185 e. The summed E-state index contributed by atoms with van der Waals surface area (Å²) in [6.45, 7) is 2.75. The van der Waals surface area contributed by atoms with E-state index in [4.69, 9.17) is 25.8 Å². The van der Waals surface area contributed by atoms with E-state index >= 15 is 0 Å². The van der Waals surface area contributed by atoms with Gasteiger partial charge in [0.1, 0.15) is 12.4 Å². The van der Waals surface area contributed by atoms with E-state index in [0.717, 1.165) is 11.1 Å². The van der Waals surface area contributed by atoms with Gasteiger partial charge in [0.25, 0.3) is 0 Å². The van der Waals surface area contributed by atoms with E-state index in [0.29, 0.717) is 41.0 Å². The summed E-state index contributed by atoms with van der Waals surface area (Å²) >= 11 is 6.20. The molecule has 0 saturated carbocycles. The van der Waals surface area contributed by atoms with Crippen molar-refractivity contribution in [2.45, 2.75) is 13.5 Å². The van der Waals surface area contributed by atoms with Crippen LogP contribution in [0.4, 0.5) is 0 Å². The fourth-order valence-electron chi connectivity index (χ4n) is 2.81. The lowest BCUT2D eigenvalue weighted by Crippen LogP contribution is -2.00. The first-order chi connectivity index (χ1) is 14.6. The van der Waals surface area contributed by atoms with Gasteiger partial charge in [0.2, 0.25) is 0 Å². The Morgan fingerprint density at radius 3 is 2.43 bits per heavy atom. The predicted octanol–water partition coefficient (Wildman–Crippen LogP) is 6.22. The van der Waals surface area contributed by atoms with Gasteiger partial charge in [0.15, 0.2) is 17.3 Å². The molecule has 0 aliphatic carbocycles. The van der Waals surface area contributed by atoms with Crippen LogP contribution in [0, 0.1) is 0 Å². The van der Waals surface area contributed by atoms with Crippen LogP contribution >= 0.6 is 11.6 Å². The van der Waals surface area contributed by atoms with Gasteiger partial charge in [0, 0.05) is 16.1 Å². The van der Waals surface area contributed by atoms with Gasteiger partial charge in [-0.2, -0.15) is 0 Å². The lowest BCUT2D eigenvalue weighted by atomic mass is 10.1. The van der Waals surface area contributed by atoms with E-state index in [9.17, 15) is 4.79 Å². The topological polar surface area (TPSA) is 44.8 Å². The van der Waals surface area contributed by atoms with Crippen LogP contribution in [0.15, 0.2) is 72.8 Å². The summed E-state index contributed by atoms with van der Waals surface area (Å²) in [5.41, 5.74) is 2.33. The molecular formula is C25H23ClO4. The molecule has 3 aromatic rings. The molecule has 0 saturated heterocycles. The highest BCUT2D eigenvalue weighted by molar-refractivity contribution is 6.31. The van der Waals surface area contributed by atoms with Crippen molar-refractivity contribution in [3.8, 4) is 17.2 Å². The van der Waals surface area contributed by atoms with E-state index in [1.807, 2.05) is 49.4 Å². The largest absolute Gasteiger partial charge is 0.497 e. The third kappa shape index (κ3) is 5.65. The summed E-state index contributed by atoms with van der Waals surface area (Å²) < 4.78 is 16.8. The highest BCUT2D eigenvalue weighted by Crippen LogP contribution is 2.30. The summed E-state index contributed by atoms with van der Waals surface area (Å²) in [6, 6.07) is 20.1. The quantitative estimate of drug-likeness (QED) is 0.303. The molecule has 0 aliphatic heterocycles. The minimum absolute atomic E-state index is 0.0883. The van der Waals surface area contributed by atoms with E-state index < -0.39 is 0 Å². The minimum Gasteiger partial charge on any atom is -0.497 e. The van der Waals surface area contributed by atoms with Gasteiger partial charge in [-0.3, -0.25) is 4.79 Å². The van der Waals surface area contributed by atoms with Gasteiger partial charge in [-0.05, 0) is 61.0 Å². The molecule has 0 fully saturated rings. The first kappa shape index (κ1) is 21.5. The second kappa shape index (κ2) is 10.5. The molecule has 0 amide bonds. The first-order valence-electron chi connectivity index (χ1n) is 9.60. The van der Waals surface area contributed by atoms with E-state index in [1.54, 1.807) is 37.5 Å². The fraction of sp³-hybridized carbons (Fsp3) is 0.160. The molecule has 0 spiro atoms. The number of rotatable bonds is 9. The van der Waals surface area contributed by atoms with Crippen molar-refractivity contribution >= 4 is 23.5 Å². The summed E-state index contributed by atoms with van der Waals surface area (Å²) in [7, 11) is 1.59. The molecule has 0 heterocycles. The van der Waals surface area contributed by atoms with Crippen molar-refractivity contribution < 1.29 is 19.0 Å². The van der Waals surface area contributed by atoms with Crippen molar-refractivity contribution in [3.63, 3.8) is 0 Å². The van der Waals surface area contributed by atoms with Crippen LogP contribution in [0.5, 0.6) is 17.2 Å². The summed E-state index contributed by atoms with van der Waals surface area (Å²) in [5, 5.41) is 0.659. The van der Waals surface area contributed by atoms with E-state index in [1.165, 1.54) is 6.08 Å². The summed E-state index contributed by atoms with van der Waals surface area (Å²) in [4.78, 5) is 12.4. The Kier molecular flexibility index (Phi) is 7.52. The fourth-order valence-corrected chi connectivity index (χ4v) is 3.00. The molecule has 3 aromatic carbocycles. The maximum atomic E-state index is 12.4. The van der Waals surface area contributed by atoms with Crippen LogP contribution in [-0.4, -0.2) is 19.5 Å². The van der Waals surface area contributed by atoms with Gasteiger partial charge in [-0.1, -0.05) is 41.9 Å². The Morgan fingerprint density at radius 2 is 1.73 bits per heavy atom. The second-order valence-electron chi connectivity index (χ2n) is 6.45. The molecule has 0 unspecified atom stereocenters. The number of methoxy groups -OCH3 is 1. The summed E-state index contributed by atoms with van der Waals surface area (Å²) in [5.74, 6) is 1.86. The zero-order valence-electron chi connectivity index (χ0n) is 16.9. The number of benzene rings is 3. The zero-order chi connectivity index (χ0) is 21.3. The zero-order valence-corrected chi connectivity index (χ0v) is 17.7. The predicted molar refractivity (Wildman–Crippen MR) is 120 cm³/mol. The van der Waals surface area contributed by atoms with Crippen LogP contribution in [-0.2, 0) is 6.61 Å². The van der Waals surface area contributed by atoms with Gasteiger partial charge < -0.3 is 14.2 Å². The molecule has 0 N–H and O–H groups in total. The lowest BCUT2D eigenvalue weighted by Gasteiger charge is -2.13. The van der Waals surface area contributed by atoms with E-state index in [2.05, 4.69) is 0 Å². The number of carbonyl (C=O) groups is 1. The Labute approximate surface area is 181 Å². The van der Waals surface area contributed by atoms with Crippen LogP contribution in [0.25, 0.3) is 6.08 Å². The van der Waals surface area contributed by atoms with Crippen molar-refractivity contribution in [2.75, 3.05) is 13.7 Å². The van der Waals surface area contributed by atoms with Crippen molar-refractivity contribution in [2.24, 2.45) is 0 Å². The molecule has 154 valence electrons. The number of hydrogen-bond donors (Lipinski definition) is 0. The molecule has 3 rings (SSSR count). The SMILES string of the molecule is CCOc1cc(/C=C/C(=O)c2ccc(OC)cc2)ccc1OCc1ccccc1Cl. The van der Waals surface area contributed by atoms with Crippen molar-refractivity contribution in [1.82, 2.24) is 0 Å². The van der Waals surface area contributed by atoms with Crippen LogP contribution in [0.2, 0.25) is 5.02 Å². The van der Waals surface area contributed by atoms with Crippen molar-refractivity contribution in [1.29, 1.82) is 0 Å². The van der Waals surface area contributed by atoms with Crippen LogP contribution in [0.3, 0.4) is 0 Å². The highest BCUT2D eigenvalue weighted by Gasteiger charge is 2.08. The normalized spacial score (nSPS) is 10.8. The third-order valence-corrected chi connectivity index (χ3v) is 4.78. The Hall–Kier alpha value is -3.24. The molecule has 0 bridgehead atoms. The number of hydrogen-bond acceptors (Lipinski definition) is 4. The number of ketones is 1. The first-order valence-corrected chi connectivity index (χ1v) is 9.98. The molecule has 0 atom stereocenters. The van der Waals surface area contributed by atoms with Gasteiger partial charge >= 0.3 is 0 Å². The van der Waals surface area contributed by atoms with Gasteiger partial charge in [-0.15, -0.1) is 0 Å². The number of halogens is 1. The Bertz CT molecular complexity index is 1030.